The number of ether oxygens (including phenoxy) is 1. The number of carbonyl (C=O) groups excluding carboxylic acids is 3. The van der Waals surface area contributed by atoms with Crippen LogP contribution in [0.3, 0.4) is 0 Å². The van der Waals surface area contributed by atoms with Crippen molar-refractivity contribution in [1.82, 2.24) is 19.2 Å². The summed E-state index contributed by atoms with van der Waals surface area (Å²) in [4.78, 5) is 39.6. The van der Waals surface area contributed by atoms with E-state index in [0.717, 1.165) is 10.4 Å². The Morgan fingerprint density at radius 2 is 1.81 bits per heavy atom. The number of piperidine rings is 1. The molecule has 0 bridgehead atoms. The Bertz CT molecular complexity index is 1120. The molecule has 3 amide bonds. The third-order valence-electron chi connectivity index (χ3n) is 5.87. The third kappa shape index (κ3) is 7.05. The fourth-order valence-electron chi connectivity index (χ4n) is 3.92. The van der Waals surface area contributed by atoms with Gasteiger partial charge in [-0.3, -0.25) is 9.59 Å². The van der Waals surface area contributed by atoms with Crippen molar-refractivity contribution in [3.05, 3.63) is 29.0 Å². The van der Waals surface area contributed by atoms with Crippen molar-refractivity contribution in [3.63, 3.8) is 0 Å². The second kappa shape index (κ2) is 10.9. The Labute approximate surface area is 214 Å². The van der Waals surface area contributed by atoms with Crippen molar-refractivity contribution in [2.75, 3.05) is 25.5 Å². The molecule has 2 unspecified atom stereocenters. The molecule has 1 aromatic rings. The molecule has 2 saturated heterocycles. The monoisotopic (exact) mass is 547 g/mol. The number of anilines is 1. The van der Waals surface area contributed by atoms with Crippen LogP contribution in [0.25, 0.3) is 0 Å². The highest BCUT2D eigenvalue weighted by Crippen LogP contribution is 2.23. The van der Waals surface area contributed by atoms with Gasteiger partial charge in [0.1, 0.15) is 23.5 Å². The number of nitrogens with one attached hydrogen (secondary N) is 3. The SMILES string of the molecule is CN1C(C(=O)Nc2ccc(F)c(Cl)c2)CC(C(=O)NC2CCN(C(=O)OC(C)(C)C)CC2)NS1(=O)=O. The first-order chi connectivity index (χ1) is 16.7. The van der Waals surface area contributed by atoms with Crippen LogP contribution < -0.4 is 15.4 Å². The van der Waals surface area contributed by atoms with Gasteiger partial charge in [0.2, 0.25) is 11.8 Å². The standard InChI is InChI=1S/C22H31ClFN5O6S/c1-22(2,3)35-21(32)29-9-7-13(8-10-29)25-19(30)17-12-18(28(4)36(33,34)27-17)20(31)26-14-5-6-16(24)15(23)11-14/h5-6,11,13,17-18,27H,7-10,12H2,1-4H3,(H,25,30)(H,26,31). The van der Waals surface area contributed by atoms with E-state index in [4.69, 9.17) is 16.3 Å². The number of carbonyl (C=O) groups is 3. The van der Waals surface area contributed by atoms with Gasteiger partial charge in [-0.2, -0.15) is 17.4 Å². The summed E-state index contributed by atoms with van der Waals surface area (Å²) in [6.45, 7) is 6.10. The number of amides is 3. The predicted octanol–water partition coefficient (Wildman–Crippen LogP) is 1.84. The molecule has 14 heteroatoms. The maximum absolute atomic E-state index is 13.4. The first-order valence-corrected chi connectivity index (χ1v) is 13.3. The first kappa shape index (κ1) is 28.1. The molecule has 0 aliphatic carbocycles. The van der Waals surface area contributed by atoms with Crippen LogP contribution in [0.15, 0.2) is 18.2 Å². The van der Waals surface area contributed by atoms with Gasteiger partial charge in [-0.1, -0.05) is 11.6 Å². The van der Waals surface area contributed by atoms with Crippen molar-refractivity contribution in [2.24, 2.45) is 0 Å². The summed E-state index contributed by atoms with van der Waals surface area (Å²) in [7, 11) is -2.90. The van der Waals surface area contributed by atoms with Crippen molar-refractivity contribution < 1.29 is 31.9 Å². The lowest BCUT2D eigenvalue weighted by molar-refractivity contribution is -0.125. The molecule has 0 saturated carbocycles. The van der Waals surface area contributed by atoms with E-state index in [2.05, 4.69) is 15.4 Å². The van der Waals surface area contributed by atoms with E-state index >= 15 is 0 Å². The third-order valence-corrected chi connectivity index (χ3v) is 7.75. The average Bonchev–Trinajstić information content (AvgIpc) is 2.77. The Morgan fingerprint density at radius 1 is 1.17 bits per heavy atom. The normalized spacial score (nSPS) is 23.1. The molecule has 11 nitrogen and oxygen atoms in total. The van der Waals surface area contributed by atoms with E-state index in [0.29, 0.717) is 25.9 Å². The molecule has 2 atom stereocenters. The Balaban J connectivity index is 1.60. The highest BCUT2D eigenvalue weighted by molar-refractivity contribution is 7.87. The number of likely N-dealkylation sites (tertiary alicyclic amines) is 1. The van der Waals surface area contributed by atoms with Gasteiger partial charge in [-0.25, -0.2) is 9.18 Å². The highest BCUT2D eigenvalue weighted by Gasteiger charge is 2.43. The number of hydrogen-bond donors (Lipinski definition) is 3. The molecule has 2 fully saturated rings. The predicted molar refractivity (Wildman–Crippen MR) is 131 cm³/mol. The zero-order valence-electron chi connectivity index (χ0n) is 20.5. The molecule has 0 spiro atoms. The van der Waals surface area contributed by atoms with E-state index in [9.17, 15) is 27.2 Å². The molecule has 3 N–H and O–H groups in total. The van der Waals surface area contributed by atoms with Crippen molar-refractivity contribution >= 4 is 45.4 Å². The zero-order valence-corrected chi connectivity index (χ0v) is 22.1. The van der Waals surface area contributed by atoms with Crippen LogP contribution in [0.4, 0.5) is 14.9 Å². The number of nitrogens with zero attached hydrogens (tertiary/aromatic N) is 2. The molecule has 3 rings (SSSR count). The lowest BCUT2D eigenvalue weighted by atomic mass is 10.0. The molecule has 2 heterocycles. The van der Waals surface area contributed by atoms with Crippen LogP contribution in [-0.2, 0) is 24.5 Å². The minimum Gasteiger partial charge on any atom is -0.444 e. The average molecular weight is 548 g/mol. The van der Waals surface area contributed by atoms with Gasteiger partial charge < -0.3 is 20.3 Å². The fourth-order valence-corrected chi connectivity index (χ4v) is 5.34. The maximum atomic E-state index is 13.4. The largest absolute Gasteiger partial charge is 0.444 e. The summed E-state index contributed by atoms with van der Waals surface area (Å²) in [5.41, 5.74) is -0.423. The maximum Gasteiger partial charge on any atom is 0.410 e. The number of rotatable bonds is 4. The molecular formula is C22H31ClFN5O6S. The molecule has 36 heavy (non-hydrogen) atoms. The number of benzene rings is 1. The van der Waals surface area contributed by atoms with Crippen LogP contribution in [0.1, 0.15) is 40.0 Å². The summed E-state index contributed by atoms with van der Waals surface area (Å²) in [6.07, 6.45) is 0.393. The Morgan fingerprint density at radius 3 is 2.39 bits per heavy atom. The Hall–Kier alpha value is -2.48. The zero-order chi connectivity index (χ0) is 26.8. The van der Waals surface area contributed by atoms with Crippen LogP contribution >= 0.6 is 11.6 Å². The first-order valence-electron chi connectivity index (χ1n) is 11.5. The highest BCUT2D eigenvalue weighted by atomic mass is 35.5. The molecule has 200 valence electrons. The summed E-state index contributed by atoms with van der Waals surface area (Å²) >= 11 is 5.74. The van der Waals surface area contributed by atoms with Gasteiger partial charge in [-0.15, -0.1) is 0 Å². The lowest BCUT2D eigenvalue weighted by Gasteiger charge is -2.37. The molecule has 0 aromatic heterocycles. The van der Waals surface area contributed by atoms with Crippen molar-refractivity contribution in [2.45, 2.75) is 63.8 Å². The smallest absolute Gasteiger partial charge is 0.410 e. The molecule has 2 aliphatic rings. The van der Waals surface area contributed by atoms with E-state index in [1.807, 2.05) is 0 Å². The van der Waals surface area contributed by atoms with Crippen molar-refractivity contribution in [3.8, 4) is 0 Å². The van der Waals surface area contributed by atoms with Gasteiger partial charge in [-0.05, 0) is 58.2 Å². The lowest BCUT2D eigenvalue weighted by Crippen LogP contribution is -2.63. The van der Waals surface area contributed by atoms with Crippen LogP contribution in [0.5, 0.6) is 0 Å². The topological polar surface area (TPSA) is 137 Å². The number of hydrogen-bond acceptors (Lipinski definition) is 6. The summed E-state index contributed by atoms with van der Waals surface area (Å²) in [5.74, 6) is -1.91. The van der Waals surface area contributed by atoms with Crippen LogP contribution in [-0.4, -0.2) is 79.4 Å². The molecule has 2 aliphatic heterocycles. The molecular weight excluding hydrogens is 517 g/mol. The summed E-state index contributed by atoms with van der Waals surface area (Å²) < 4.78 is 47.1. The second-order valence-electron chi connectivity index (χ2n) is 9.81. The molecule has 0 radical (unpaired) electrons. The van der Waals surface area contributed by atoms with E-state index in [1.54, 1.807) is 25.7 Å². The molecule has 1 aromatic carbocycles. The van der Waals surface area contributed by atoms with Gasteiger partial charge in [0.15, 0.2) is 0 Å². The van der Waals surface area contributed by atoms with E-state index in [-0.39, 0.29) is 23.2 Å². The summed E-state index contributed by atoms with van der Waals surface area (Å²) in [5, 5.41) is 5.13. The van der Waals surface area contributed by atoms with Crippen LogP contribution in [0.2, 0.25) is 5.02 Å². The van der Waals surface area contributed by atoms with Crippen LogP contribution in [0, 0.1) is 5.82 Å². The number of halogens is 2. The minimum atomic E-state index is -4.13. The van der Waals surface area contributed by atoms with E-state index in [1.165, 1.54) is 19.2 Å². The van der Waals surface area contributed by atoms with Gasteiger partial charge in [0.05, 0.1) is 5.02 Å². The van der Waals surface area contributed by atoms with Gasteiger partial charge in [0.25, 0.3) is 10.2 Å². The van der Waals surface area contributed by atoms with E-state index < -0.39 is 51.6 Å². The fraction of sp³-hybridized carbons (Fsp3) is 0.591. The quantitative estimate of drug-likeness (QED) is 0.526. The summed E-state index contributed by atoms with van der Waals surface area (Å²) in [6, 6.07) is 0.938. The van der Waals surface area contributed by atoms with Gasteiger partial charge in [0, 0.05) is 31.9 Å². The van der Waals surface area contributed by atoms with Gasteiger partial charge >= 0.3 is 6.09 Å². The second-order valence-corrected chi connectivity index (χ2v) is 12.0. The number of likely N-dealkylation sites (N-methyl/N-ethyl adjacent to an activating group) is 1. The van der Waals surface area contributed by atoms with Crippen molar-refractivity contribution in [1.29, 1.82) is 0 Å². The minimum absolute atomic E-state index is 0.126. The Kier molecular flexibility index (Phi) is 8.48.